The SMILES string of the molecule is C[C@H]1COC(=O)N1[C@H]1CC[C@@](CN)(c2cccc(Cl)c2)CC1.Cl. The normalized spacial score (nSPS) is 30.7. The highest BCUT2D eigenvalue weighted by molar-refractivity contribution is 6.30. The lowest BCUT2D eigenvalue weighted by molar-refractivity contribution is 0.119. The van der Waals surface area contributed by atoms with Gasteiger partial charge in [0.2, 0.25) is 0 Å². The molecule has 1 amide bonds. The van der Waals surface area contributed by atoms with Crippen LogP contribution in [0.4, 0.5) is 4.79 Å². The maximum Gasteiger partial charge on any atom is 0.410 e. The highest BCUT2D eigenvalue weighted by atomic mass is 35.5. The summed E-state index contributed by atoms with van der Waals surface area (Å²) in [5.41, 5.74) is 7.33. The number of carbonyl (C=O) groups is 1. The molecule has 6 heteroatoms. The van der Waals surface area contributed by atoms with Crippen LogP contribution in [0.2, 0.25) is 5.02 Å². The molecule has 1 heterocycles. The van der Waals surface area contributed by atoms with E-state index in [1.807, 2.05) is 30.0 Å². The van der Waals surface area contributed by atoms with Gasteiger partial charge in [0.25, 0.3) is 0 Å². The molecule has 0 spiro atoms. The van der Waals surface area contributed by atoms with Crippen molar-refractivity contribution in [3.05, 3.63) is 34.9 Å². The summed E-state index contributed by atoms with van der Waals surface area (Å²) < 4.78 is 5.15. The molecule has 3 rings (SSSR count). The highest BCUT2D eigenvalue weighted by Gasteiger charge is 2.42. The number of benzene rings is 1. The first-order valence-corrected chi connectivity index (χ1v) is 8.35. The zero-order chi connectivity index (χ0) is 15.7. The number of hydrogen-bond acceptors (Lipinski definition) is 3. The van der Waals surface area contributed by atoms with E-state index < -0.39 is 0 Å². The van der Waals surface area contributed by atoms with E-state index in [1.165, 1.54) is 5.56 Å². The molecule has 128 valence electrons. The topological polar surface area (TPSA) is 55.6 Å². The minimum atomic E-state index is -0.166. The van der Waals surface area contributed by atoms with Crippen molar-refractivity contribution in [1.29, 1.82) is 0 Å². The van der Waals surface area contributed by atoms with Crippen LogP contribution in [0.15, 0.2) is 24.3 Å². The molecule has 1 atom stereocenters. The third-order valence-corrected chi connectivity index (χ3v) is 5.50. The van der Waals surface area contributed by atoms with Gasteiger partial charge < -0.3 is 10.5 Å². The quantitative estimate of drug-likeness (QED) is 0.895. The van der Waals surface area contributed by atoms with Crippen LogP contribution in [-0.4, -0.2) is 36.2 Å². The molecular weight excluding hydrogens is 335 g/mol. The third kappa shape index (κ3) is 3.44. The van der Waals surface area contributed by atoms with Gasteiger partial charge in [-0.1, -0.05) is 23.7 Å². The second kappa shape index (κ2) is 7.29. The van der Waals surface area contributed by atoms with E-state index >= 15 is 0 Å². The molecule has 1 aliphatic carbocycles. The Balaban J connectivity index is 0.00000192. The van der Waals surface area contributed by atoms with Crippen LogP contribution >= 0.6 is 24.0 Å². The Kier molecular flexibility index (Phi) is 5.82. The van der Waals surface area contributed by atoms with Crippen LogP contribution in [0.1, 0.15) is 38.2 Å². The molecule has 1 aliphatic heterocycles. The Morgan fingerprint density at radius 2 is 2.09 bits per heavy atom. The van der Waals surface area contributed by atoms with Gasteiger partial charge in [0.1, 0.15) is 6.61 Å². The molecule has 0 bridgehead atoms. The minimum Gasteiger partial charge on any atom is -0.447 e. The minimum absolute atomic E-state index is 0. The lowest BCUT2D eigenvalue weighted by Crippen LogP contribution is -2.47. The van der Waals surface area contributed by atoms with Gasteiger partial charge in [-0.15, -0.1) is 12.4 Å². The summed E-state index contributed by atoms with van der Waals surface area (Å²) in [5, 5.41) is 0.754. The fourth-order valence-corrected chi connectivity index (χ4v) is 4.09. The number of nitrogens with zero attached hydrogens (tertiary/aromatic N) is 1. The number of hydrogen-bond donors (Lipinski definition) is 1. The molecule has 23 heavy (non-hydrogen) atoms. The van der Waals surface area contributed by atoms with Gasteiger partial charge in [-0.25, -0.2) is 4.79 Å². The Hall–Kier alpha value is -0.970. The van der Waals surface area contributed by atoms with Gasteiger partial charge in [0.05, 0.1) is 6.04 Å². The zero-order valence-corrected chi connectivity index (χ0v) is 14.9. The van der Waals surface area contributed by atoms with E-state index in [-0.39, 0.29) is 36.0 Å². The second-order valence-electron chi connectivity index (χ2n) is 6.56. The van der Waals surface area contributed by atoms with E-state index in [1.54, 1.807) is 0 Å². The number of rotatable bonds is 3. The fourth-order valence-electron chi connectivity index (χ4n) is 3.90. The molecule has 4 nitrogen and oxygen atoms in total. The smallest absolute Gasteiger partial charge is 0.410 e. The van der Waals surface area contributed by atoms with Gasteiger partial charge in [0.15, 0.2) is 0 Å². The molecule has 1 saturated heterocycles. The van der Waals surface area contributed by atoms with Gasteiger partial charge in [0, 0.05) is 23.0 Å². The first-order valence-electron chi connectivity index (χ1n) is 7.97. The average Bonchev–Trinajstić information content (AvgIpc) is 2.86. The van der Waals surface area contributed by atoms with Crippen LogP contribution < -0.4 is 5.73 Å². The molecule has 0 unspecified atom stereocenters. The van der Waals surface area contributed by atoms with Crippen molar-refractivity contribution in [2.24, 2.45) is 5.73 Å². The predicted octanol–water partition coefficient (Wildman–Crippen LogP) is 3.74. The van der Waals surface area contributed by atoms with Crippen molar-refractivity contribution in [3.63, 3.8) is 0 Å². The summed E-state index contributed by atoms with van der Waals surface area (Å²) in [6.45, 7) is 3.17. The summed E-state index contributed by atoms with van der Waals surface area (Å²) in [4.78, 5) is 13.8. The van der Waals surface area contributed by atoms with Crippen molar-refractivity contribution >= 4 is 30.1 Å². The fraction of sp³-hybridized carbons (Fsp3) is 0.588. The molecule has 1 aromatic carbocycles. The number of nitrogens with two attached hydrogens (primary N) is 1. The van der Waals surface area contributed by atoms with E-state index in [4.69, 9.17) is 22.1 Å². The number of halogens is 2. The van der Waals surface area contributed by atoms with Crippen molar-refractivity contribution < 1.29 is 9.53 Å². The molecule has 0 aromatic heterocycles. The van der Waals surface area contributed by atoms with Gasteiger partial charge >= 0.3 is 6.09 Å². The summed E-state index contributed by atoms with van der Waals surface area (Å²) in [5.74, 6) is 0. The monoisotopic (exact) mass is 358 g/mol. The van der Waals surface area contributed by atoms with Crippen LogP contribution in [0.3, 0.4) is 0 Å². The number of cyclic esters (lactones) is 1. The predicted molar refractivity (Wildman–Crippen MR) is 94.3 cm³/mol. The van der Waals surface area contributed by atoms with Crippen LogP contribution in [-0.2, 0) is 10.2 Å². The molecule has 2 N–H and O–H groups in total. The number of amides is 1. The molecule has 1 aromatic rings. The molecule has 2 fully saturated rings. The zero-order valence-electron chi connectivity index (χ0n) is 13.3. The van der Waals surface area contributed by atoms with E-state index in [9.17, 15) is 4.79 Å². The summed E-state index contributed by atoms with van der Waals surface area (Å²) >= 11 is 6.14. The highest BCUT2D eigenvalue weighted by Crippen LogP contribution is 2.41. The summed E-state index contributed by atoms with van der Waals surface area (Å²) in [6, 6.07) is 8.47. The van der Waals surface area contributed by atoms with E-state index in [2.05, 4.69) is 6.07 Å². The number of ether oxygens (including phenoxy) is 1. The van der Waals surface area contributed by atoms with Gasteiger partial charge in [-0.2, -0.15) is 0 Å². The molecular formula is C17H24Cl2N2O2. The maximum atomic E-state index is 11.9. The van der Waals surface area contributed by atoms with E-state index in [0.29, 0.717) is 13.2 Å². The Morgan fingerprint density at radius 1 is 1.39 bits per heavy atom. The second-order valence-corrected chi connectivity index (χ2v) is 7.00. The lowest BCUT2D eigenvalue weighted by Gasteiger charge is -2.42. The van der Waals surface area contributed by atoms with Gasteiger partial charge in [-0.05, 0) is 50.3 Å². The maximum absolute atomic E-state index is 11.9. The Morgan fingerprint density at radius 3 is 2.61 bits per heavy atom. The average molecular weight is 359 g/mol. The van der Waals surface area contributed by atoms with Crippen molar-refractivity contribution in [1.82, 2.24) is 4.90 Å². The Labute approximate surface area is 148 Å². The van der Waals surface area contributed by atoms with Crippen molar-refractivity contribution in [2.75, 3.05) is 13.2 Å². The van der Waals surface area contributed by atoms with Crippen LogP contribution in [0.25, 0.3) is 0 Å². The number of carbonyl (C=O) groups excluding carboxylic acids is 1. The van der Waals surface area contributed by atoms with Crippen LogP contribution in [0, 0.1) is 0 Å². The summed E-state index contributed by atoms with van der Waals surface area (Å²) in [7, 11) is 0. The van der Waals surface area contributed by atoms with Crippen LogP contribution in [0.5, 0.6) is 0 Å². The van der Waals surface area contributed by atoms with Gasteiger partial charge in [-0.3, -0.25) is 4.90 Å². The summed E-state index contributed by atoms with van der Waals surface area (Å²) in [6.07, 6.45) is 3.71. The first kappa shape index (κ1) is 18.4. The standard InChI is InChI=1S/C17H23ClN2O2.ClH/c1-12-10-22-16(21)20(12)15-5-7-17(11-19,8-6-15)13-3-2-4-14(18)9-13;/h2-4,9,12,15H,5-8,10-11,19H2,1H3;1H/t12-,15-,17+;/m0./s1. The molecule has 2 aliphatic rings. The third-order valence-electron chi connectivity index (χ3n) is 5.27. The molecule has 1 saturated carbocycles. The lowest BCUT2D eigenvalue weighted by atomic mass is 9.68. The first-order chi connectivity index (χ1) is 10.6. The van der Waals surface area contributed by atoms with Crippen molar-refractivity contribution in [3.8, 4) is 0 Å². The molecule has 0 radical (unpaired) electrons. The van der Waals surface area contributed by atoms with Crippen molar-refractivity contribution in [2.45, 2.75) is 50.1 Å². The van der Waals surface area contributed by atoms with E-state index in [0.717, 1.165) is 30.7 Å². The largest absolute Gasteiger partial charge is 0.447 e. The Bertz CT molecular complexity index is 559.